The summed E-state index contributed by atoms with van der Waals surface area (Å²) in [6, 6.07) is 17.1. The molecule has 5 nitrogen and oxygen atoms in total. The highest BCUT2D eigenvalue weighted by molar-refractivity contribution is 7.99. The fraction of sp³-hybridized carbons (Fsp3) is 0. The predicted octanol–water partition coefficient (Wildman–Crippen LogP) is 5.15. The van der Waals surface area contributed by atoms with E-state index in [4.69, 9.17) is 11.6 Å². The summed E-state index contributed by atoms with van der Waals surface area (Å²) >= 11 is 7.63. The van der Waals surface area contributed by atoms with Gasteiger partial charge in [-0.2, -0.15) is 0 Å². The lowest BCUT2D eigenvalue weighted by molar-refractivity contribution is -0.111. The standard InChI is InChI=1S/C19H15ClN4OS/c1-2-17(25)22-14-9-6-10-15(11-14)26-18-16(20)12-21-19(24-18)23-13-7-4-3-5-8-13/h2-12H,1H2,(H,22,25)(H,21,23,24). The molecule has 0 atom stereocenters. The fourth-order valence-corrected chi connectivity index (χ4v) is 3.12. The van der Waals surface area contributed by atoms with Gasteiger partial charge in [0.05, 0.1) is 11.2 Å². The Morgan fingerprint density at radius 3 is 2.65 bits per heavy atom. The second-order valence-corrected chi connectivity index (χ2v) is 6.63. The Hall–Kier alpha value is -2.83. The number of amides is 1. The lowest BCUT2D eigenvalue weighted by Gasteiger charge is -2.09. The van der Waals surface area contributed by atoms with E-state index in [-0.39, 0.29) is 5.91 Å². The molecule has 7 heteroatoms. The van der Waals surface area contributed by atoms with Gasteiger partial charge in [0.1, 0.15) is 5.03 Å². The third-order valence-electron chi connectivity index (χ3n) is 3.24. The predicted molar refractivity (Wildman–Crippen MR) is 106 cm³/mol. The molecule has 0 fully saturated rings. The van der Waals surface area contributed by atoms with Crippen LogP contribution >= 0.6 is 23.4 Å². The minimum Gasteiger partial charge on any atom is -0.324 e. The SMILES string of the molecule is C=CC(=O)Nc1cccc(Sc2nc(Nc3ccccc3)ncc2Cl)c1. The van der Waals surface area contributed by atoms with Crippen LogP contribution in [0.25, 0.3) is 0 Å². The molecule has 2 N–H and O–H groups in total. The van der Waals surface area contributed by atoms with Crippen LogP contribution in [0.15, 0.2) is 83.4 Å². The number of halogens is 1. The number of hydrogen-bond donors (Lipinski definition) is 2. The van der Waals surface area contributed by atoms with Crippen LogP contribution in [0.5, 0.6) is 0 Å². The second kappa shape index (κ2) is 8.51. The van der Waals surface area contributed by atoms with E-state index in [9.17, 15) is 4.79 Å². The van der Waals surface area contributed by atoms with E-state index < -0.39 is 0 Å². The molecular weight excluding hydrogens is 368 g/mol. The lowest BCUT2D eigenvalue weighted by atomic mass is 10.3. The molecule has 0 bridgehead atoms. The summed E-state index contributed by atoms with van der Waals surface area (Å²) in [6.45, 7) is 3.44. The molecule has 0 aliphatic heterocycles. The third kappa shape index (κ3) is 4.84. The Bertz CT molecular complexity index is 934. The highest BCUT2D eigenvalue weighted by Crippen LogP contribution is 2.33. The van der Waals surface area contributed by atoms with Crippen LogP contribution in [0.3, 0.4) is 0 Å². The molecule has 1 amide bonds. The van der Waals surface area contributed by atoms with E-state index in [0.717, 1.165) is 10.6 Å². The molecule has 3 rings (SSSR count). The van der Waals surface area contributed by atoms with Crippen molar-refractivity contribution < 1.29 is 4.79 Å². The Morgan fingerprint density at radius 1 is 1.12 bits per heavy atom. The highest BCUT2D eigenvalue weighted by Gasteiger charge is 2.09. The summed E-state index contributed by atoms with van der Waals surface area (Å²) in [7, 11) is 0. The van der Waals surface area contributed by atoms with Crippen LogP contribution in [0, 0.1) is 0 Å². The van der Waals surface area contributed by atoms with Crippen molar-refractivity contribution in [3.63, 3.8) is 0 Å². The van der Waals surface area contributed by atoms with Gasteiger partial charge in [-0.25, -0.2) is 9.97 Å². The number of para-hydroxylation sites is 1. The largest absolute Gasteiger partial charge is 0.324 e. The molecule has 0 radical (unpaired) electrons. The molecule has 2 aromatic carbocycles. The Labute approximate surface area is 160 Å². The van der Waals surface area contributed by atoms with Gasteiger partial charge in [-0.15, -0.1) is 0 Å². The van der Waals surface area contributed by atoms with Gasteiger partial charge < -0.3 is 10.6 Å². The number of rotatable bonds is 6. The first kappa shape index (κ1) is 18.0. The quantitative estimate of drug-likeness (QED) is 0.456. The van der Waals surface area contributed by atoms with Crippen molar-refractivity contribution >= 4 is 46.6 Å². The molecule has 3 aromatic rings. The van der Waals surface area contributed by atoms with Crippen LogP contribution < -0.4 is 10.6 Å². The molecule has 0 saturated heterocycles. The average molecular weight is 383 g/mol. The number of aromatic nitrogens is 2. The van der Waals surface area contributed by atoms with Crippen molar-refractivity contribution in [2.24, 2.45) is 0 Å². The van der Waals surface area contributed by atoms with Crippen LogP contribution in [0.2, 0.25) is 5.02 Å². The topological polar surface area (TPSA) is 66.9 Å². The maximum absolute atomic E-state index is 11.4. The first-order valence-electron chi connectivity index (χ1n) is 7.70. The molecule has 1 heterocycles. The van der Waals surface area contributed by atoms with E-state index in [1.165, 1.54) is 17.8 Å². The second-order valence-electron chi connectivity index (χ2n) is 5.16. The van der Waals surface area contributed by atoms with Crippen molar-refractivity contribution in [1.29, 1.82) is 0 Å². The third-order valence-corrected chi connectivity index (χ3v) is 4.63. The van der Waals surface area contributed by atoms with Crippen LogP contribution in [-0.2, 0) is 4.79 Å². The molecule has 0 spiro atoms. The van der Waals surface area contributed by atoms with Gasteiger partial charge in [0, 0.05) is 16.3 Å². The van der Waals surface area contributed by atoms with E-state index in [2.05, 4.69) is 27.2 Å². The van der Waals surface area contributed by atoms with E-state index >= 15 is 0 Å². The molecular formula is C19H15ClN4OS. The number of carbonyl (C=O) groups excluding carboxylic acids is 1. The van der Waals surface area contributed by atoms with Crippen molar-refractivity contribution in [3.8, 4) is 0 Å². The van der Waals surface area contributed by atoms with Crippen molar-refractivity contribution in [3.05, 3.63) is 78.5 Å². The minimum atomic E-state index is -0.262. The van der Waals surface area contributed by atoms with Crippen molar-refractivity contribution in [2.45, 2.75) is 9.92 Å². The van der Waals surface area contributed by atoms with Gasteiger partial charge in [-0.1, -0.05) is 54.2 Å². The zero-order valence-corrected chi connectivity index (χ0v) is 15.2. The number of nitrogens with one attached hydrogen (secondary N) is 2. The lowest BCUT2D eigenvalue weighted by Crippen LogP contribution is -2.06. The van der Waals surface area contributed by atoms with Gasteiger partial charge >= 0.3 is 0 Å². The Morgan fingerprint density at radius 2 is 1.88 bits per heavy atom. The van der Waals surface area contributed by atoms with E-state index in [1.54, 1.807) is 12.3 Å². The summed E-state index contributed by atoms with van der Waals surface area (Å²) in [6.07, 6.45) is 2.79. The molecule has 26 heavy (non-hydrogen) atoms. The smallest absolute Gasteiger partial charge is 0.247 e. The fourth-order valence-electron chi connectivity index (χ4n) is 2.08. The van der Waals surface area contributed by atoms with Crippen molar-refractivity contribution in [1.82, 2.24) is 9.97 Å². The molecule has 0 saturated carbocycles. The number of anilines is 3. The number of hydrogen-bond acceptors (Lipinski definition) is 5. The van der Waals surface area contributed by atoms with E-state index in [1.807, 2.05) is 48.5 Å². The van der Waals surface area contributed by atoms with Crippen LogP contribution in [-0.4, -0.2) is 15.9 Å². The summed E-state index contributed by atoms with van der Waals surface area (Å²) in [5.74, 6) is 0.195. The number of carbonyl (C=O) groups is 1. The number of benzene rings is 2. The molecule has 0 unspecified atom stereocenters. The maximum Gasteiger partial charge on any atom is 0.247 e. The Balaban J connectivity index is 1.79. The highest BCUT2D eigenvalue weighted by atomic mass is 35.5. The van der Waals surface area contributed by atoms with Gasteiger partial charge in [-0.3, -0.25) is 4.79 Å². The summed E-state index contributed by atoms with van der Waals surface area (Å²) in [4.78, 5) is 21.0. The van der Waals surface area contributed by atoms with Crippen LogP contribution in [0.4, 0.5) is 17.3 Å². The molecule has 1 aromatic heterocycles. The molecule has 130 valence electrons. The van der Waals surface area contributed by atoms with Crippen LogP contribution in [0.1, 0.15) is 0 Å². The van der Waals surface area contributed by atoms with Gasteiger partial charge in [0.25, 0.3) is 0 Å². The summed E-state index contributed by atoms with van der Waals surface area (Å²) in [5.41, 5.74) is 1.56. The normalized spacial score (nSPS) is 10.2. The average Bonchev–Trinajstić information content (AvgIpc) is 2.65. The summed E-state index contributed by atoms with van der Waals surface area (Å²) < 4.78 is 0. The Kier molecular flexibility index (Phi) is 5.88. The monoisotopic (exact) mass is 382 g/mol. The maximum atomic E-state index is 11.4. The van der Waals surface area contributed by atoms with Gasteiger partial charge in [-0.05, 0) is 36.4 Å². The first-order valence-corrected chi connectivity index (χ1v) is 8.89. The van der Waals surface area contributed by atoms with E-state index in [0.29, 0.717) is 21.7 Å². The number of nitrogens with zero attached hydrogens (tertiary/aromatic N) is 2. The molecule has 0 aliphatic rings. The zero-order valence-electron chi connectivity index (χ0n) is 13.6. The van der Waals surface area contributed by atoms with Gasteiger partial charge in [0.2, 0.25) is 11.9 Å². The van der Waals surface area contributed by atoms with Crippen molar-refractivity contribution in [2.75, 3.05) is 10.6 Å². The van der Waals surface area contributed by atoms with Gasteiger partial charge in [0.15, 0.2) is 0 Å². The zero-order chi connectivity index (χ0) is 18.4. The summed E-state index contributed by atoms with van der Waals surface area (Å²) in [5, 5.41) is 6.94. The minimum absolute atomic E-state index is 0.262. The first-order chi connectivity index (χ1) is 12.6. The molecule has 0 aliphatic carbocycles.